The van der Waals surface area contributed by atoms with E-state index < -0.39 is 5.97 Å². The number of nitrogens with one attached hydrogen (secondary N) is 1. The van der Waals surface area contributed by atoms with Crippen molar-refractivity contribution in [2.75, 3.05) is 0 Å². The van der Waals surface area contributed by atoms with E-state index in [1.54, 1.807) is 12.3 Å². The first kappa shape index (κ1) is 9.21. The molecule has 0 fully saturated rings. The summed E-state index contributed by atoms with van der Waals surface area (Å²) in [5.74, 6) is -0.851. The number of H-pyrrole nitrogens is 1. The zero-order valence-electron chi connectivity index (χ0n) is 7.12. The van der Waals surface area contributed by atoms with Crippen molar-refractivity contribution in [3.63, 3.8) is 0 Å². The molecule has 0 aliphatic carbocycles. The van der Waals surface area contributed by atoms with Crippen LogP contribution < -0.4 is 0 Å². The number of fused-ring (bicyclic) bond motifs is 1. The Morgan fingerprint density at radius 1 is 1.64 bits per heavy atom. The monoisotopic (exact) mass is 254 g/mol. The molecule has 4 nitrogen and oxygen atoms in total. The first-order chi connectivity index (χ1) is 6.68. The van der Waals surface area contributed by atoms with Crippen LogP contribution in [0.25, 0.3) is 11.0 Å². The van der Waals surface area contributed by atoms with E-state index in [1.165, 1.54) is 0 Å². The van der Waals surface area contributed by atoms with Gasteiger partial charge in [0.25, 0.3) is 0 Å². The average Bonchev–Trinajstić information content (AvgIpc) is 2.43. The molecule has 0 amide bonds. The minimum absolute atomic E-state index is 0.00766. The molecule has 5 heteroatoms. The van der Waals surface area contributed by atoms with Gasteiger partial charge in [-0.15, -0.1) is 0 Å². The van der Waals surface area contributed by atoms with Crippen molar-refractivity contribution in [2.45, 2.75) is 6.42 Å². The summed E-state index contributed by atoms with van der Waals surface area (Å²) in [5.41, 5.74) is 1.44. The summed E-state index contributed by atoms with van der Waals surface area (Å²) in [6.07, 6.45) is 1.65. The van der Waals surface area contributed by atoms with Crippen LogP contribution in [0.1, 0.15) is 5.56 Å². The highest BCUT2D eigenvalue weighted by Crippen LogP contribution is 2.25. The molecular weight excluding hydrogens is 248 g/mol. The van der Waals surface area contributed by atoms with Crippen molar-refractivity contribution in [3.8, 4) is 0 Å². The maximum Gasteiger partial charge on any atom is 0.307 e. The second-order valence-corrected chi connectivity index (χ2v) is 3.68. The van der Waals surface area contributed by atoms with E-state index in [1.807, 2.05) is 6.07 Å². The Kier molecular flexibility index (Phi) is 2.25. The van der Waals surface area contributed by atoms with Crippen LogP contribution in [0.2, 0.25) is 0 Å². The van der Waals surface area contributed by atoms with Crippen molar-refractivity contribution in [1.29, 1.82) is 0 Å². The fourth-order valence-electron chi connectivity index (χ4n) is 1.37. The summed E-state index contributed by atoms with van der Waals surface area (Å²) < 4.78 is 0.689. The van der Waals surface area contributed by atoms with Crippen LogP contribution in [0.3, 0.4) is 0 Å². The highest BCUT2D eigenvalue weighted by atomic mass is 79.9. The molecule has 14 heavy (non-hydrogen) atoms. The fraction of sp³-hybridized carbons (Fsp3) is 0.111. The zero-order valence-corrected chi connectivity index (χ0v) is 8.71. The molecule has 0 radical (unpaired) electrons. The van der Waals surface area contributed by atoms with Gasteiger partial charge >= 0.3 is 5.97 Å². The summed E-state index contributed by atoms with van der Waals surface area (Å²) in [7, 11) is 0. The largest absolute Gasteiger partial charge is 0.481 e. The smallest absolute Gasteiger partial charge is 0.307 e. The van der Waals surface area contributed by atoms with Crippen LogP contribution in [0.5, 0.6) is 0 Å². The second-order valence-electron chi connectivity index (χ2n) is 2.89. The molecule has 0 saturated carbocycles. The lowest BCUT2D eigenvalue weighted by Crippen LogP contribution is -1.99. The number of pyridine rings is 1. The SMILES string of the molecule is O=C(O)Cc1c(Br)[nH]c2ncccc12. The van der Waals surface area contributed by atoms with Gasteiger partial charge in [-0.2, -0.15) is 0 Å². The molecule has 72 valence electrons. The Balaban J connectivity index is 2.62. The fourth-order valence-corrected chi connectivity index (χ4v) is 1.91. The van der Waals surface area contributed by atoms with Gasteiger partial charge in [-0.25, -0.2) is 4.98 Å². The van der Waals surface area contributed by atoms with Crippen LogP contribution in [0.15, 0.2) is 22.9 Å². The summed E-state index contributed by atoms with van der Waals surface area (Å²) >= 11 is 3.28. The molecule has 0 saturated heterocycles. The number of aromatic nitrogens is 2. The number of rotatable bonds is 2. The number of hydrogen-bond acceptors (Lipinski definition) is 2. The minimum Gasteiger partial charge on any atom is -0.481 e. The Morgan fingerprint density at radius 3 is 3.14 bits per heavy atom. The van der Waals surface area contributed by atoms with Gasteiger partial charge in [0.05, 0.1) is 11.0 Å². The quantitative estimate of drug-likeness (QED) is 0.861. The molecule has 0 aliphatic rings. The maximum atomic E-state index is 10.6. The predicted octanol–water partition coefficient (Wildman–Crippen LogP) is 1.95. The molecule has 2 N–H and O–H groups in total. The third-order valence-electron chi connectivity index (χ3n) is 1.95. The molecule has 0 atom stereocenters. The topological polar surface area (TPSA) is 66.0 Å². The van der Waals surface area contributed by atoms with Crippen molar-refractivity contribution in [3.05, 3.63) is 28.5 Å². The van der Waals surface area contributed by atoms with Gasteiger partial charge in [0.15, 0.2) is 0 Å². The van der Waals surface area contributed by atoms with E-state index in [-0.39, 0.29) is 6.42 Å². The standard InChI is InChI=1S/C9H7BrN2O2/c10-8-6(4-7(13)14)5-2-1-3-11-9(5)12-8/h1-3H,4H2,(H,11,12)(H,13,14). The van der Waals surface area contributed by atoms with Crippen molar-refractivity contribution in [1.82, 2.24) is 9.97 Å². The highest BCUT2D eigenvalue weighted by molar-refractivity contribution is 9.10. The molecule has 0 aliphatic heterocycles. The lowest BCUT2D eigenvalue weighted by molar-refractivity contribution is -0.136. The van der Waals surface area contributed by atoms with Crippen LogP contribution in [0.4, 0.5) is 0 Å². The van der Waals surface area contributed by atoms with Gasteiger partial charge in [0, 0.05) is 17.1 Å². The highest BCUT2D eigenvalue weighted by Gasteiger charge is 2.12. The van der Waals surface area contributed by atoms with Gasteiger partial charge in [0.2, 0.25) is 0 Å². The Morgan fingerprint density at radius 2 is 2.43 bits per heavy atom. The van der Waals surface area contributed by atoms with Crippen molar-refractivity contribution >= 4 is 32.9 Å². The first-order valence-corrected chi connectivity index (χ1v) is 4.80. The zero-order chi connectivity index (χ0) is 10.1. The van der Waals surface area contributed by atoms with Crippen LogP contribution in [0, 0.1) is 0 Å². The third-order valence-corrected chi connectivity index (χ3v) is 2.63. The molecule has 2 rings (SSSR count). The summed E-state index contributed by atoms with van der Waals surface area (Å²) in [6.45, 7) is 0. The normalized spacial score (nSPS) is 10.6. The van der Waals surface area contributed by atoms with Crippen molar-refractivity contribution < 1.29 is 9.90 Å². The van der Waals surface area contributed by atoms with Crippen LogP contribution in [-0.2, 0) is 11.2 Å². The number of halogens is 1. The predicted molar refractivity (Wildman–Crippen MR) is 55.1 cm³/mol. The summed E-state index contributed by atoms with van der Waals surface area (Å²) in [5, 5.41) is 9.56. The molecule has 0 unspecified atom stereocenters. The van der Waals surface area contributed by atoms with Gasteiger partial charge in [0.1, 0.15) is 5.65 Å². The molecule has 0 bridgehead atoms. The van der Waals surface area contributed by atoms with Gasteiger partial charge in [-0.1, -0.05) is 0 Å². The molecule has 2 aromatic rings. The number of aliphatic carboxylic acids is 1. The molecular formula is C9H7BrN2O2. The lowest BCUT2D eigenvalue weighted by atomic mass is 10.2. The van der Waals surface area contributed by atoms with Crippen LogP contribution in [-0.4, -0.2) is 21.0 Å². The number of aromatic amines is 1. The van der Waals surface area contributed by atoms with E-state index in [0.717, 1.165) is 10.9 Å². The minimum atomic E-state index is -0.851. The summed E-state index contributed by atoms with van der Waals surface area (Å²) in [4.78, 5) is 17.7. The Labute approximate surface area is 88.1 Å². The molecule has 0 spiro atoms. The Bertz CT molecular complexity index is 493. The lowest BCUT2D eigenvalue weighted by Gasteiger charge is -1.94. The van der Waals surface area contributed by atoms with E-state index in [0.29, 0.717) is 10.3 Å². The van der Waals surface area contributed by atoms with Gasteiger partial charge in [-0.05, 0) is 28.1 Å². The van der Waals surface area contributed by atoms with E-state index in [9.17, 15) is 4.79 Å². The molecule has 2 aromatic heterocycles. The van der Waals surface area contributed by atoms with E-state index in [2.05, 4.69) is 25.9 Å². The van der Waals surface area contributed by atoms with Gasteiger partial charge < -0.3 is 10.1 Å². The summed E-state index contributed by atoms with van der Waals surface area (Å²) in [6, 6.07) is 3.63. The third kappa shape index (κ3) is 1.50. The number of carboxylic acid groups (broad SMARTS) is 1. The number of hydrogen-bond donors (Lipinski definition) is 2. The second kappa shape index (κ2) is 3.42. The van der Waals surface area contributed by atoms with Crippen LogP contribution >= 0.6 is 15.9 Å². The van der Waals surface area contributed by atoms with E-state index in [4.69, 9.17) is 5.11 Å². The first-order valence-electron chi connectivity index (χ1n) is 4.01. The van der Waals surface area contributed by atoms with Gasteiger partial charge in [-0.3, -0.25) is 4.79 Å². The maximum absolute atomic E-state index is 10.6. The average molecular weight is 255 g/mol. The molecule has 0 aromatic carbocycles. The molecule has 2 heterocycles. The number of carbonyl (C=O) groups is 1. The number of carboxylic acids is 1. The van der Waals surface area contributed by atoms with Crippen molar-refractivity contribution in [2.24, 2.45) is 0 Å². The number of nitrogens with zero attached hydrogens (tertiary/aromatic N) is 1. The van der Waals surface area contributed by atoms with E-state index >= 15 is 0 Å². The Hall–Kier alpha value is -1.36.